The molecule has 0 fully saturated rings. The molecule has 28 heavy (non-hydrogen) atoms. The van der Waals surface area contributed by atoms with Crippen molar-refractivity contribution in [1.82, 2.24) is 15.0 Å². The van der Waals surface area contributed by atoms with E-state index in [0.717, 1.165) is 24.8 Å². The van der Waals surface area contributed by atoms with Gasteiger partial charge in [0, 0.05) is 15.5 Å². The quantitative estimate of drug-likeness (QED) is 0.443. The van der Waals surface area contributed by atoms with Gasteiger partial charge >= 0.3 is 0 Å². The summed E-state index contributed by atoms with van der Waals surface area (Å²) in [6.07, 6.45) is 2.97. The van der Waals surface area contributed by atoms with Crippen molar-refractivity contribution >= 4 is 56.4 Å². The molecule has 0 aliphatic heterocycles. The van der Waals surface area contributed by atoms with Crippen LogP contribution in [0.25, 0.3) is 10.2 Å². The molecule has 0 spiro atoms. The van der Waals surface area contributed by atoms with E-state index in [9.17, 15) is 4.79 Å². The molecule has 0 radical (unpaired) electrons. The fraction of sp³-hybridized carbons (Fsp3) is 0.450. The molecular weight excluding hydrogens is 437 g/mol. The Bertz CT molecular complexity index is 1130. The Morgan fingerprint density at radius 1 is 1.21 bits per heavy atom. The minimum atomic E-state index is -0.149. The molecular formula is C20H20Cl3N3OS. The van der Waals surface area contributed by atoms with E-state index in [4.69, 9.17) is 34.8 Å². The van der Waals surface area contributed by atoms with Crippen LogP contribution in [0.5, 0.6) is 0 Å². The first-order valence-electron chi connectivity index (χ1n) is 9.17. The second-order valence-corrected chi connectivity index (χ2v) is 10.6. The van der Waals surface area contributed by atoms with Crippen LogP contribution in [0, 0.1) is 11.3 Å². The maximum absolute atomic E-state index is 13.2. The average Bonchev–Trinajstić information content (AvgIpc) is 3.01. The molecule has 0 bridgehead atoms. The molecule has 8 heteroatoms. The zero-order chi connectivity index (χ0) is 20.2. The van der Waals surface area contributed by atoms with Crippen LogP contribution in [0.4, 0.5) is 0 Å². The van der Waals surface area contributed by atoms with Gasteiger partial charge in [0.25, 0.3) is 5.56 Å². The minimum absolute atomic E-state index is 0.134. The molecule has 0 unspecified atom stereocenters. The first-order chi connectivity index (χ1) is 13.2. The Hall–Kier alpha value is -1.14. The molecule has 0 saturated heterocycles. The minimum Gasteiger partial charge on any atom is -0.267 e. The van der Waals surface area contributed by atoms with E-state index in [1.807, 2.05) is 0 Å². The van der Waals surface area contributed by atoms with Gasteiger partial charge in [-0.2, -0.15) is 0 Å². The van der Waals surface area contributed by atoms with Gasteiger partial charge in [-0.25, -0.2) is 4.68 Å². The number of fused-ring (bicyclic) bond motifs is 3. The monoisotopic (exact) mass is 455 g/mol. The number of aromatic nitrogens is 3. The van der Waals surface area contributed by atoms with Crippen molar-refractivity contribution in [3.8, 4) is 0 Å². The molecule has 4 nitrogen and oxygen atoms in total. The highest BCUT2D eigenvalue weighted by molar-refractivity contribution is 7.18. The third-order valence-corrected chi connectivity index (χ3v) is 7.95. The van der Waals surface area contributed by atoms with Gasteiger partial charge in [-0.05, 0) is 48.3 Å². The summed E-state index contributed by atoms with van der Waals surface area (Å²) in [7, 11) is 0. The second kappa shape index (κ2) is 7.28. The lowest BCUT2D eigenvalue weighted by Gasteiger charge is -2.33. The zero-order valence-electron chi connectivity index (χ0n) is 15.9. The van der Waals surface area contributed by atoms with E-state index in [2.05, 4.69) is 31.1 Å². The molecule has 1 aliphatic rings. The third kappa shape index (κ3) is 3.47. The first kappa shape index (κ1) is 20.1. The topological polar surface area (TPSA) is 47.8 Å². The predicted octanol–water partition coefficient (Wildman–Crippen LogP) is 6.01. The number of hydrogen-bond donors (Lipinski definition) is 0. The molecule has 0 N–H and O–H groups in total. The summed E-state index contributed by atoms with van der Waals surface area (Å²) >= 11 is 20.3. The van der Waals surface area contributed by atoms with E-state index in [0.29, 0.717) is 36.8 Å². The standard InChI is InChI=1S/C20H20Cl3N3OS/c1-20(2,3)10-4-5-11-15(8-10)28-18-16(11)19(27)26(25-24-18)9-12-13(21)6-7-14(22)17(12)23/h6-7,10H,4-5,8-9H2,1-3H3/t10-/m1/s1. The highest BCUT2D eigenvalue weighted by atomic mass is 35.5. The largest absolute Gasteiger partial charge is 0.279 e. The fourth-order valence-electron chi connectivity index (χ4n) is 3.83. The van der Waals surface area contributed by atoms with Crippen LogP contribution in [0.2, 0.25) is 15.1 Å². The second-order valence-electron chi connectivity index (χ2n) is 8.36. The van der Waals surface area contributed by atoms with Crippen LogP contribution in [0.15, 0.2) is 16.9 Å². The van der Waals surface area contributed by atoms with Crippen molar-refractivity contribution in [2.24, 2.45) is 11.3 Å². The Morgan fingerprint density at radius 3 is 2.64 bits per heavy atom. The molecule has 148 valence electrons. The Labute approximate surface area is 182 Å². The summed E-state index contributed by atoms with van der Waals surface area (Å²) in [5.41, 5.74) is 1.81. The first-order valence-corrected chi connectivity index (χ1v) is 11.1. The third-order valence-electron chi connectivity index (χ3n) is 5.61. The average molecular weight is 457 g/mol. The Kier molecular flexibility index (Phi) is 5.24. The summed E-state index contributed by atoms with van der Waals surface area (Å²) in [6, 6.07) is 3.30. The van der Waals surface area contributed by atoms with E-state index in [1.165, 1.54) is 9.56 Å². The van der Waals surface area contributed by atoms with Gasteiger partial charge < -0.3 is 0 Å². The molecule has 4 rings (SSSR count). The highest BCUT2D eigenvalue weighted by Crippen LogP contribution is 2.42. The van der Waals surface area contributed by atoms with Crippen molar-refractivity contribution < 1.29 is 0 Å². The predicted molar refractivity (Wildman–Crippen MR) is 117 cm³/mol. The number of aryl methyl sites for hydroxylation is 1. The van der Waals surface area contributed by atoms with Gasteiger partial charge in [0.05, 0.1) is 22.0 Å². The molecule has 1 aromatic carbocycles. The zero-order valence-corrected chi connectivity index (χ0v) is 18.9. The molecule has 3 aromatic rings. The van der Waals surface area contributed by atoms with Crippen molar-refractivity contribution in [2.45, 2.75) is 46.6 Å². The van der Waals surface area contributed by atoms with Gasteiger partial charge in [0.15, 0.2) is 4.83 Å². The van der Waals surface area contributed by atoms with Crippen molar-refractivity contribution in [1.29, 1.82) is 0 Å². The molecule has 2 heterocycles. The number of hydrogen-bond acceptors (Lipinski definition) is 4. The van der Waals surface area contributed by atoms with Crippen molar-refractivity contribution in [3.05, 3.63) is 53.6 Å². The van der Waals surface area contributed by atoms with Crippen LogP contribution < -0.4 is 5.56 Å². The maximum atomic E-state index is 13.2. The van der Waals surface area contributed by atoms with Gasteiger partial charge in [-0.15, -0.1) is 16.4 Å². The molecule has 1 atom stereocenters. The van der Waals surface area contributed by atoms with Crippen LogP contribution in [0.1, 0.15) is 43.2 Å². The lowest BCUT2D eigenvalue weighted by atomic mass is 9.72. The Morgan fingerprint density at radius 2 is 1.93 bits per heavy atom. The van der Waals surface area contributed by atoms with Crippen LogP contribution in [-0.2, 0) is 19.4 Å². The van der Waals surface area contributed by atoms with E-state index in [-0.39, 0.29) is 17.5 Å². The lowest BCUT2D eigenvalue weighted by molar-refractivity contribution is 0.218. The summed E-state index contributed by atoms with van der Waals surface area (Å²) in [6.45, 7) is 6.97. The van der Waals surface area contributed by atoms with Crippen molar-refractivity contribution in [2.75, 3.05) is 0 Å². The normalized spacial score (nSPS) is 17.1. The fourth-order valence-corrected chi connectivity index (χ4v) is 5.74. The summed E-state index contributed by atoms with van der Waals surface area (Å²) in [5, 5.41) is 10.3. The smallest absolute Gasteiger partial charge is 0.267 e. The van der Waals surface area contributed by atoms with Gasteiger partial charge in [0.2, 0.25) is 0 Å². The number of nitrogens with zero attached hydrogens (tertiary/aromatic N) is 3. The van der Waals surface area contributed by atoms with Gasteiger partial charge in [-0.1, -0.05) is 60.8 Å². The summed E-state index contributed by atoms with van der Waals surface area (Å²) in [4.78, 5) is 15.2. The van der Waals surface area contributed by atoms with Crippen LogP contribution >= 0.6 is 46.1 Å². The van der Waals surface area contributed by atoms with E-state index < -0.39 is 0 Å². The van der Waals surface area contributed by atoms with E-state index in [1.54, 1.807) is 23.5 Å². The van der Waals surface area contributed by atoms with Crippen molar-refractivity contribution in [3.63, 3.8) is 0 Å². The molecule has 0 amide bonds. The van der Waals surface area contributed by atoms with Gasteiger partial charge in [-0.3, -0.25) is 4.79 Å². The number of thiophene rings is 1. The molecule has 0 saturated carbocycles. The summed E-state index contributed by atoms with van der Waals surface area (Å²) in [5.74, 6) is 0.604. The number of rotatable bonds is 2. The van der Waals surface area contributed by atoms with Crippen LogP contribution in [-0.4, -0.2) is 15.0 Å². The van der Waals surface area contributed by atoms with Gasteiger partial charge in [0.1, 0.15) is 0 Å². The van der Waals surface area contributed by atoms with E-state index >= 15 is 0 Å². The maximum Gasteiger partial charge on any atom is 0.279 e. The van der Waals surface area contributed by atoms with Crippen LogP contribution in [0.3, 0.4) is 0 Å². The summed E-state index contributed by atoms with van der Waals surface area (Å²) < 4.78 is 1.33. The lowest BCUT2D eigenvalue weighted by Crippen LogP contribution is -2.28. The molecule has 2 aromatic heterocycles. The Balaban J connectivity index is 1.77. The highest BCUT2D eigenvalue weighted by Gasteiger charge is 2.32. The SMILES string of the molecule is CC(C)(C)[C@@H]1CCc2c(sc3nnn(Cc4c(Cl)ccc(Cl)c4Cl)c(=O)c23)C1. The number of benzene rings is 1. The molecule has 1 aliphatic carbocycles. The number of halogens is 3.